The van der Waals surface area contributed by atoms with E-state index in [0.717, 1.165) is 0 Å². The average molecular weight is 290 g/mol. The normalized spacial score (nSPS) is 12.6. The van der Waals surface area contributed by atoms with E-state index >= 15 is 0 Å². The van der Waals surface area contributed by atoms with Crippen molar-refractivity contribution in [1.82, 2.24) is 15.2 Å². The Morgan fingerprint density at radius 3 is 2.55 bits per heavy atom. The highest BCUT2D eigenvalue weighted by atomic mass is 19.4. The van der Waals surface area contributed by atoms with E-state index in [2.05, 4.69) is 15.2 Å². The Morgan fingerprint density at radius 2 is 1.95 bits per heavy atom. The van der Waals surface area contributed by atoms with Crippen LogP contribution in [0.3, 0.4) is 0 Å². The number of nitrogens with zero attached hydrogens (tertiary/aromatic N) is 3. The quantitative estimate of drug-likeness (QED) is 0.884. The van der Waals surface area contributed by atoms with Crippen LogP contribution in [0.15, 0.2) is 12.3 Å². The van der Waals surface area contributed by atoms with Crippen molar-refractivity contribution in [1.29, 1.82) is 5.26 Å². The van der Waals surface area contributed by atoms with Gasteiger partial charge in [0.2, 0.25) is 0 Å². The van der Waals surface area contributed by atoms with E-state index in [0.29, 0.717) is 0 Å². The summed E-state index contributed by atoms with van der Waals surface area (Å²) < 4.78 is 62.1. The van der Waals surface area contributed by atoms with Gasteiger partial charge in [-0.25, -0.2) is 4.98 Å². The number of halogens is 5. The highest BCUT2D eigenvalue weighted by Gasteiger charge is 2.56. The van der Waals surface area contributed by atoms with Crippen LogP contribution in [0.1, 0.15) is 17.7 Å². The number of hydrogen-bond donors (Lipinski definition) is 1. The molecule has 0 aliphatic rings. The van der Waals surface area contributed by atoms with E-state index in [1.54, 1.807) is 6.07 Å². The van der Waals surface area contributed by atoms with E-state index in [1.165, 1.54) is 12.3 Å². The Bertz CT molecular complexity index is 667. The molecule has 106 valence electrons. The minimum absolute atomic E-state index is 0.0153. The zero-order chi connectivity index (χ0) is 15.0. The van der Waals surface area contributed by atoms with Gasteiger partial charge >= 0.3 is 12.1 Å². The maximum atomic E-state index is 12.9. The Hall–Kier alpha value is -2.24. The third kappa shape index (κ3) is 2.41. The molecule has 0 aliphatic heterocycles. The van der Waals surface area contributed by atoms with Crippen molar-refractivity contribution < 1.29 is 22.0 Å². The molecule has 0 aliphatic carbocycles. The lowest BCUT2D eigenvalue weighted by Crippen LogP contribution is -2.36. The predicted octanol–water partition coefficient (Wildman–Crippen LogP) is 2.96. The fourth-order valence-corrected chi connectivity index (χ4v) is 1.73. The monoisotopic (exact) mass is 290 g/mol. The maximum absolute atomic E-state index is 12.9. The maximum Gasteiger partial charge on any atom is 0.453 e. The molecule has 0 amide bonds. The molecule has 0 fully saturated rings. The summed E-state index contributed by atoms with van der Waals surface area (Å²) in [4.78, 5) is 3.80. The summed E-state index contributed by atoms with van der Waals surface area (Å²) in [5.74, 6) is -4.78. The largest absolute Gasteiger partial charge is 0.453 e. The Kier molecular flexibility index (Phi) is 3.33. The fourth-order valence-electron chi connectivity index (χ4n) is 1.73. The fraction of sp³-hybridized carbons (Fsp3) is 0.364. The molecule has 0 spiro atoms. The van der Waals surface area contributed by atoms with Crippen LogP contribution >= 0.6 is 0 Å². The number of rotatable bonds is 3. The van der Waals surface area contributed by atoms with Gasteiger partial charge in [-0.2, -0.15) is 32.3 Å². The molecular formula is C11H7F5N4. The number of nitriles is 1. The number of H-pyrrole nitrogens is 1. The van der Waals surface area contributed by atoms with E-state index < -0.39 is 24.9 Å². The first-order chi connectivity index (χ1) is 9.26. The second-order valence-corrected chi connectivity index (χ2v) is 4.08. The van der Waals surface area contributed by atoms with E-state index in [4.69, 9.17) is 5.26 Å². The van der Waals surface area contributed by atoms with E-state index in [-0.39, 0.29) is 22.3 Å². The summed E-state index contributed by atoms with van der Waals surface area (Å²) in [6, 6.07) is 3.05. The number of aromatic nitrogens is 3. The molecule has 1 N–H and O–H groups in total. The number of aryl methyl sites for hydroxylation is 1. The minimum atomic E-state index is -5.59. The van der Waals surface area contributed by atoms with Gasteiger partial charge in [0.15, 0.2) is 5.65 Å². The van der Waals surface area contributed by atoms with E-state index in [9.17, 15) is 22.0 Å². The topological polar surface area (TPSA) is 65.4 Å². The molecule has 9 heteroatoms. The first kappa shape index (κ1) is 14.2. The van der Waals surface area contributed by atoms with Gasteiger partial charge in [0, 0.05) is 12.6 Å². The summed E-state index contributed by atoms with van der Waals surface area (Å²) >= 11 is 0. The van der Waals surface area contributed by atoms with Crippen LogP contribution < -0.4 is 0 Å². The summed E-state index contributed by atoms with van der Waals surface area (Å²) in [5, 5.41) is 15.0. The second kappa shape index (κ2) is 4.70. The predicted molar refractivity (Wildman–Crippen MR) is 57.9 cm³/mol. The van der Waals surface area contributed by atoms with E-state index in [1.807, 2.05) is 0 Å². The smallest absolute Gasteiger partial charge is 0.265 e. The van der Waals surface area contributed by atoms with Crippen LogP contribution in [0.4, 0.5) is 22.0 Å². The highest BCUT2D eigenvalue weighted by Crippen LogP contribution is 2.39. The zero-order valence-electron chi connectivity index (χ0n) is 9.80. The second-order valence-electron chi connectivity index (χ2n) is 4.08. The lowest BCUT2D eigenvalue weighted by molar-refractivity contribution is -0.284. The molecule has 0 saturated heterocycles. The standard InChI is InChI=1S/C11H7F5N4/c12-10(13,11(14,15)16)3-1-6-2-4-18-9-8(6)7(5-17)19-20-9/h2,4H,1,3H2,(H,18,19,20). The van der Waals surface area contributed by atoms with Gasteiger partial charge in [0.05, 0.1) is 5.39 Å². The van der Waals surface area contributed by atoms with Crippen LogP contribution in [-0.2, 0) is 6.42 Å². The molecular weight excluding hydrogens is 283 g/mol. The third-order valence-electron chi connectivity index (χ3n) is 2.78. The van der Waals surface area contributed by atoms with Gasteiger partial charge in [-0.1, -0.05) is 0 Å². The Balaban J connectivity index is 2.32. The summed E-state index contributed by atoms with van der Waals surface area (Å²) in [6.07, 6.45) is -6.29. The minimum Gasteiger partial charge on any atom is -0.265 e. The van der Waals surface area contributed by atoms with Crippen molar-refractivity contribution in [2.75, 3.05) is 0 Å². The zero-order valence-corrected chi connectivity index (χ0v) is 9.80. The molecule has 20 heavy (non-hydrogen) atoms. The van der Waals surface area contributed by atoms with Crippen LogP contribution in [0.2, 0.25) is 0 Å². The average Bonchev–Trinajstić information content (AvgIpc) is 2.78. The van der Waals surface area contributed by atoms with Crippen molar-refractivity contribution in [2.24, 2.45) is 0 Å². The molecule has 0 bridgehead atoms. The van der Waals surface area contributed by atoms with Crippen molar-refractivity contribution in [3.63, 3.8) is 0 Å². The lowest BCUT2D eigenvalue weighted by Gasteiger charge is -2.19. The number of alkyl halides is 5. The molecule has 0 radical (unpaired) electrons. The SMILES string of the molecule is N#Cc1[nH]nc2nccc(CCC(F)(F)C(F)(F)F)c12. The number of pyridine rings is 1. The number of aromatic amines is 1. The molecule has 0 aromatic carbocycles. The third-order valence-corrected chi connectivity index (χ3v) is 2.78. The van der Waals surface area contributed by atoms with Crippen molar-refractivity contribution in [3.8, 4) is 6.07 Å². The van der Waals surface area contributed by atoms with Crippen molar-refractivity contribution >= 4 is 11.0 Å². The molecule has 0 atom stereocenters. The van der Waals surface area contributed by atoms with Crippen molar-refractivity contribution in [3.05, 3.63) is 23.5 Å². The first-order valence-corrected chi connectivity index (χ1v) is 5.43. The number of fused-ring (bicyclic) bond motifs is 1. The molecule has 2 rings (SSSR count). The number of hydrogen-bond acceptors (Lipinski definition) is 3. The van der Waals surface area contributed by atoms with Gasteiger partial charge in [-0.05, 0) is 18.1 Å². The summed E-state index contributed by atoms with van der Waals surface area (Å²) in [6.45, 7) is 0. The Morgan fingerprint density at radius 1 is 1.25 bits per heavy atom. The molecule has 0 saturated carbocycles. The van der Waals surface area contributed by atoms with Gasteiger partial charge in [0.25, 0.3) is 0 Å². The van der Waals surface area contributed by atoms with Gasteiger partial charge in [-0.15, -0.1) is 0 Å². The summed E-state index contributed by atoms with van der Waals surface area (Å²) in [5.41, 5.74) is 0.261. The van der Waals surface area contributed by atoms with Gasteiger partial charge in [0.1, 0.15) is 11.8 Å². The molecule has 2 heterocycles. The molecule has 2 aromatic rings. The number of nitrogens with one attached hydrogen (secondary N) is 1. The van der Waals surface area contributed by atoms with Crippen molar-refractivity contribution in [2.45, 2.75) is 24.9 Å². The molecule has 4 nitrogen and oxygen atoms in total. The molecule has 2 aromatic heterocycles. The highest BCUT2D eigenvalue weighted by molar-refractivity contribution is 5.83. The van der Waals surface area contributed by atoms with Crippen LogP contribution in [-0.4, -0.2) is 27.3 Å². The lowest BCUT2D eigenvalue weighted by atomic mass is 10.0. The van der Waals surface area contributed by atoms with Crippen LogP contribution in [0.25, 0.3) is 11.0 Å². The summed E-state index contributed by atoms with van der Waals surface area (Å²) in [7, 11) is 0. The Labute approximate surface area is 109 Å². The van der Waals surface area contributed by atoms with Crippen LogP contribution in [0, 0.1) is 11.3 Å². The first-order valence-electron chi connectivity index (χ1n) is 5.43. The van der Waals surface area contributed by atoms with Gasteiger partial charge < -0.3 is 0 Å². The van der Waals surface area contributed by atoms with Crippen LogP contribution in [0.5, 0.6) is 0 Å². The molecule has 0 unspecified atom stereocenters. The van der Waals surface area contributed by atoms with Gasteiger partial charge in [-0.3, -0.25) is 5.10 Å².